The molecule has 0 saturated carbocycles. The Morgan fingerprint density at radius 2 is 0.417 bits per heavy atom. The number of benzene rings is 16. The number of nitrogens with zero attached hydrogens (tertiary/aromatic N) is 4. The van der Waals surface area contributed by atoms with Gasteiger partial charge in [0.05, 0.1) is 39.1 Å². The third-order valence-corrected chi connectivity index (χ3v) is 21.1. The van der Waals surface area contributed by atoms with Crippen LogP contribution in [0.5, 0.6) is 0 Å². The van der Waals surface area contributed by atoms with Crippen LogP contribution in [0.3, 0.4) is 0 Å². The Morgan fingerprint density at radius 1 is 0.155 bits per heavy atom. The van der Waals surface area contributed by atoms with Crippen molar-refractivity contribution >= 4 is 97.5 Å². The van der Waals surface area contributed by atoms with Gasteiger partial charge in [0, 0.05) is 43.9 Å². The van der Waals surface area contributed by atoms with E-state index in [4.69, 9.17) is 19.9 Å². The Hall–Kier alpha value is -13.5. The van der Waals surface area contributed by atoms with Crippen molar-refractivity contribution in [3.63, 3.8) is 0 Å². The molecular formula is C99H62N4. The number of hydrogen-bond acceptors (Lipinski definition) is 4. The first kappa shape index (κ1) is 59.5. The van der Waals surface area contributed by atoms with Gasteiger partial charge in [0.2, 0.25) is 0 Å². The van der Waals surface area contributed by atoms with Crippen LogP contribution in [0.1, 0.15) is 5.69 Å². The second kappa shape index (κ2) is 24.4. The lowest BCUT2D eigenvalue weighted by molar-refractivity contribution is 1.25. The van der Waals surface area contributed by atoms with Gasteiger partial charge in [-0.15, -0.1) is 0 Å². The minimum absolute atomic E-state index is 0.884. The van der Waals surface area contributed by atoms with Gasteiger partial charge >= 0.3 is 0 Å². The van der Waals surface area contributed by atoms with E-state index in [0.29, 0.717) is 0 Å². The van der Waals surface area contributed by atoms with Crippen molar-refractivity contribution in [3.8, 4) is 112 Å². The first-order valence-electron chi connectivity index (χ1n) is 35.3. The van der Waals surface area contributed by atoms with Crippen LogP contribution in [0.15, 0.2) is 358 Å². The second-order valence-corrected chi connectivity index (χ2v) is 27.1. The summed E-state index contributed by atoms with van der Waals surface area (Å²) >= 11 is 0. The largest absolute Gasteiger partial charge is 0.251 e. The summed E-state index contributed by atoms with van der Waals surface area (Å²) in [4.78, 5) is 21.4. The van der Waals surface area contributed by atoms with Gasteiger partial charge < -0.3 is 0 Å². The minimum Gasteiger partial charge on any atom is -0.251 e. The Labute approximate surface area is 595 Å². The number of aryl methyl sites for hydroxylation is 1. The van der Waals surface area contributed by atoms with E-state index < -0.39 is 0 Å². The molecule has 0 unspecified atom stereocenters. The molecule has 4 heteroatoms. The lowest BCUT2D eigenvalue weighted by Crippen LogP contribution is -1.97. The van der Waals surface area contributed by atoms with Crippen molar-refractivity contribution in [2.75, 3.05) is 0 Å². The third kappa shape index (κ3) is 10.1. The highest BCUT2D eigenvalue weighted by Gasteiger charge is 2.24. The number of aromatic nitrogens is 4. The van der Waals surface area contributed by atoms with Gasteiger partial charge in [0.25, 0.3) is 0 Å². The molecule has 0 fully saturated rings. The van der Waals surface area contributed by atoms with Crippen LogP contribution < -0.4 is 0 Å². The Bertz CT molecular complexity index is 6700. The summed E-state index contributed by atoms with van der Waals surface area (Å²) < 4.78 is 0. The fourth-order valence-electron chi connectivity index (χ4n) is 16.2. The first-order chi connectivity index (χ1) is 51.0. The molecule has 478 valence electrons. The molecule has 0 aliphatic carbocycles. The summed E-state index contributed by atoms with van der Waals surface area (Å²) in [5.74, 6) is 0. The summed E-state index contributed by atoms with van der Waals surface area (Å²) in [6, 6.07) is 130. The maximum absolute atomic E-state index is 5.59. The predicted octanol–water partition coefficient (Wildman–Crippen LogP) is 26.6. The molecular weight excluding hydrogens is 1250 g/mol. The topological polar surface area (TPSA) is 51.6 Å². The van der Waals surface area contributed by atoms with Crippen molar-refractivity contribution in [3.05, 3.63) is 364 Å². The maximum Gasteiger partial charge on any atom is 0.0978 e. The molecule has 20 aromatic rings. The zero-order valence-electron chi connectivity index (χ0n) is 56.4. The van der Waals surface area contributed by atoms with Gasteiger partial charge in [-0.25, -0.2) is 15.0 Å². The van der Waals surface area contributed by atoms with Gasteiger partial charge in [0.15, 0.2) is 0 Å². The molecule has 0 aliphatic heterocycles. The molecule has 4 nitrogen and oxygen atoms in total. The van der Waals surface area contributed by atoms with E-state index in [0.717, 1.165) is 122 Å². The van der Waals surface area contributed by atoms with Gasteiger partial charge in [-0.1, -0.05) is 315 Å². The monoisotopic (exact) mass is 1310 g/mol. The highest BCUT2D eigenvalue weighted by Crippen LogP contribution is 2.49. The second-order valence-electron chi connectivity index (χ2n) is 27.1. The van der Waals surface area contributed by atoms with Crippen molar-refractivity contribution in [2.45, 2.75) is 6.92 Å². The van der Waals surface area contributed by atoms with E-state index in [9.17, 15) is 0 Å². The van der Waals surface area contributed by atoms with Crippen molar-refractivity contribution < 1.29 is 0 Å². The molecule has 0 spiro atoms. The predicted molar refractivity (Wildman–Crippen MR) is 434 cm³/mol. The van der Waals surface area contributed by atoms with Crippen LogP contribution in [-0.2, 0) is 0 Å². The van der Waals surface area contributed by atoms with Crippen molar-refractivity contribution in [1.29, 1.82) is 0 Å². The average molecular weight is 1310 g/mol. The first-order valence-corrected chi connectivity index (χ1v) is 35.3. The smallest absolute Gasteiger partial charge is 0.0978 e. The molecule has 0 radical (unpaired) electrons. The molecule has 103 heavy (non-hydrogen) atoms. The Morgan fingerprint density at radius 3 is 0.854 bits per heavy atom. The van der Waals surface area contributed by atoms with Gasteiger partial charge in [0.1, 0.15) is 0 Å². The third-order valence-electron chi connectivity index (χ3n) is 21.1. The normalized spacial score (nSPS) is 11.7. The van der Waals surface area contributed by atoms with Crippen LogP contribution in [0.4, 0.5) is 0 Å². The SMILES string of the molecule is Cc1ccc2c(-c3ccc(-c4ccc5cc(-c6c7ccccc7c(-c7ccc(-c8ccc9ccc%10ccc(-c%11ccccc%11)nc%10c9n8)cc7)c7ccccc67)ccc5c4)cc3)c(-c3ccccc3)c3ccc(-c4ccc(-c5c6ccccc6c(-c6ccccc6)c6ccccc56)cc4)nc3c2n1. The minimum atomic E-state index is 0.884. The van der Waals surface area contributed by atoms with E-state index in [1.165, 1.54) is 92.8 Å². The number of fused-ring (bicyclic) bond motifs is 11. The van der Waals surface area contributed by atoms with Crippen LogP contribution in [-0.4, -0.2) is 19.9 Å². The van der Waals surface area contributed by atoms with E-state index in [-0.39, 0.29) is 0 Å². The summed E-state index contributed by atoms with van der Waals surface area (Å²) in [5, 5.41) is 16.4. The zero-order chi connectivity index (χ0) is 68.1. The average Bonchev–Trinajstić information content (AvgIpc) is 0.743. The Kier molecular flexibility index (Phi) is 14.1. The molecule has 0 N–H and O–H groups in total. The lowest BCUT2D eigenvalue weighted by Gasteiger charge is -2.19. The molecule has 0 atom stereocenters. The van der Waals surface area contributed by atoms with E-state index >= 15 is 0 Å². The maximum atomic E-state index is 5.59. The molecule has 20 rings (SSSR count). The summed E-state index contributed by atoms with van der Waals surface area (Å²) in [6.07, 6.45) is 0. The van der Waals surface area contributed by atoms with Crippen LogP contribution >= 0.6 is 0 Å². The molecule has 0 bridgehead atoms. The summed E-state index contributed by atoms with van der Waals surface area (Å²) in [5.41, 5.74) is 27.0. The van der Waals surface area contributed by atoms with Crippen LogP contribution in [0.2, 0.25) is 0 Å². The van der Waals surface area contributed by atoms with Gasteiger partial charge in [-0.3, -0.25) is 4.98 Å². The number of pyridine rings is 4. The number of hydrogen-bond donors (Lipinski definition) is 0. The highest BCUT2D eigenvalue weighted by molar-refractivity contribution is 6.24. The number of rotatable bonds is 10. The van der Waals surface area contributed by atoms with Crippen LogP contribution in [0, 0.1) is 6.92 Å². The fourth-order valence-corrected chi connectivity index (χ4v) is 16.2. The fraction of sp³-hybridized carbons (Fsp3) is 0.0101. The van der Waals surface area contributed by atoms with Gasteiger partial charge in [-0.2, -0.15) is 0 Å². The van der Waals surface area contributed by atoms with Crippen molar-refractivity contribution in [1.82, 2.24) is 19.9 Å². The zero-order valence-corrected chi connectivity index (χ0v) is 56.4. The van der Waals surface area contributed by atoms with Crippen molar-refractivity contribution in [2.24, 2.45) is 0 Å². The van der Waals surface area contributed by atoms with Crippen LogP contribution in [0.25, 0.3) is 209 Å². The van der Waals surface area contributed by atoms with E-state index in [1.54, 1.807) is 0 Å². The van der Waals surface area contributed by atoms with E-state index in [1.807, 2.05) is 6.07 Å². The quantitative estimate of drug-likeness (QED) is 0.101. The molecule has 16 aromatic carbocycles. The summed E-state index contributed by atoms with van der Waals surface area (Å²) in [6.45, 7) is 2.08. The molecule has 4 aromatic heterocycles. The molecule has 0 saturated heterocycles. The molecule has 4 heterocycles. The standard InChI is InChI=1S/C99H62N4/c1-61-33-54-85-95(94(67-23-9-4-10-24-67)86-55-58-89(103-99(86)98(85)100-61)65-38-44-68(45-39-65)91-79-27-13-11-25-77(79)90(66-21-7-3-8-22-66)78-26-12-14-28-80(78)91)70-40-34-62(35-41-70)73-48-49-75-60-76(51-50-74(75)59-73)93-83-31-17-15-29-81(83)92(82-30-16-18-32-84(82)93)69-42-36-64(37-43-69)88-57-53-72-47-46-71-52-56-87(63-19-5-2-6-20-63)101-96(71)97(72)102-88/h2-60H,1H3. The summed E-state index contributed by atoms with van der Waals surface area (Å²) in [7, 11) is 0. The Balaban J connectivity index is 0.624. The lowest BCUT2D eigenvalue weighted by atomic mass is 9.85. The van der Waals surface area contributed by atoms with Gasteiger partial charge in [-0.05, 0) is 181 Å². The highest BCUT2D eigenvalue weighted by atomic mass is 14.8. The molecule has 0 amide bonds. The van der Waals surface area contributed by atoms with E-state index in [2.05, 4.69) is 359 Å². The molecule has 0 aliphatic rings.